The molecule has 0 unspecified atom stereocenters. The van der Waals surface area contributed by atoms with Crippen LogP contribution < -0.4 is 9.47 Å². The maximum atomic E-state index is 12.2. The lowest BCUT2D eigenvalue weighted by Crippen LogP contribution is -2.10. The Bertz CT molecular complexity index is 1260. The first-order valence-electron chi connectivity index (χ1n) is 10.6. The van der Waals surface area contributed by atoms with Crippen molar-refractivity contribution in [3.05, 3.63) is 107 Å². The minimum atomic E-state index is -0.357. The molecule has 32 heavy (non-hydrogen) atoms. The number of hydrogen-bond donors (Lipinski definition) is 0. The largest absolute Gasteiger partial charge is 0.489 e. The molecule has 0 saturated carbocycles. The summed E-state index contributed by atoms with van der Waals surface area (Å²) in [6.45, 7) is 4.73. The number of hydrogen-bond acceptors (Lipinski definition) is 4. The van der Waals surface area contributed by atoms with E-state index in [0.717, 1.165) is 22.4 Å². The number of esters is 1. The molecule has 162 valence electrons. The van der Waals surface area contributed by atoms with Gasteiger partial charge in [0.15, 0.2) is 0 Å². The second-order valence-electron chi connectivity index (χ2n) is 7.78. The fourth-order valence-electron chi connectivity index (χ4n) is 3.78. The van der Waals surface area contributed by atoms with Crippen molar-refractivity contribution in [2.24, 2.45) is 0 Å². The Balaban J connectivity index is 1.45. The standard InChI is InChI=1S/C28H26O4/c1-19-8-6-11-23(27(19)28(29)30-3)17-31-25-12-7-13-26(16-25)32-18-24-15-22-10-5-4-9-21(22)14-20(24)2/h4-16H,17-18H2,1-3H3. The van der Waals surface area contributed by atoms with Crippen LogP contribution in [0.25, 0.3) is 10.8 Å². The lowest BCUT2D eigenvalue weighted by molar-refractivity contribution is 0.0597. The van der Waals surface area contributed by atoms with Gasteiger partial charge in [0.25, 0.3) is 0 Å². The van der Waals surface area contributed by atoms with Gasteiger partial charge in [0, 0.05) is 11.6 Å². The Labute approximate surface area is 188 Å². The van der Waals surface area contributed by atoms with Crippen LogP contribution in [0.15, 0.2) is 78.9 Å². The summed E-state index contributed by atoms with van der Waals surface area (Å²) < 4.78 is 17.0. The van der Waals surface area contributed by atoms with Gasteiger partial charge in [-0.3, -0.25) is 0 Å². The van der Waals surface area contributed by atoms with Crippen molar-refractivity contribution in [3.8, 4) is 11.5 Å². The summed E-state index contributed by atoms with van der Waals surface area (Å²) in [5.41, 5.74) is 4.55. The highest BCUT2D eigenvalue weighted by Crippen LogP contribution is 2.25. The van der Waals surface area contributed by atoms with Crippen molar-refractivity contribution in [2.45, 2.75) is 27.1 Å². The van der Waals surface area contributed by atoms with Gasteiger partial charge < -0.3 is 14.2 Å². The number of methoxy groups -OCH3 is 1. The quantitative estimate of drug-likeness (QED) is 0.321. The lowest BCUT2D eigenvalue weighted by Gasteiger charge is -2.14. The monoisotopic (exact) mass is 426 g/mol. The second-order valence-corrected chi connectivity index (χ2v) is 7.78. The van der Waals surface area contributed by atoms with Gasteiger partial charge >= 0.3 is 5.97 Å². The van der Waals surface area contributed by atoms with E-state index in [-0.39, 0.29) is 12.6 Å². The Hall–Kier alpha value is -3.79. The maximum Gasteiger partial charge on any atom is 0.338 e. The molecule has 0 N–H and O–H groups in total. The SMILES string of the molecule is COC(=O)c1c(C)cccc1COc1cccc(OCc2cc3ccccc3cc2C)c1. The van der Waals surface area contributed by atoms with Gasteiger partial charge in [-0.05, 0) is 59.5 Å². The number of benzene rings is 4. The zero-order valence-corrected chi connectivity index (χ0v) is 18.6. The van der Waals surface area contributed by atoms with Crippen LogP contribution in [0.4, 0.5) is 0 Å². The van der Waals surface area contributed by atoms with E-state index >= 15 is 0 Å². The molecule has 0 bridgehead atoms. The maximum absolute atomic E-state index is 12.2. The van der Waals surface area contributed by atoms with Crippen LogP contribution in [0.1, 0.15) is 32.6 Å². The molecule has 4 heteroatoms. The van der Waals surface area contributed by atoms with Gasteiger partial charge in [-0.15, -0.1) is 0 Å². The molecule has 0 aliphatic heterocycles. The lowest BCUT2D eigenvalue weighted by atomic mass is 10.0. The number of aryl methyl sites for hydroxylation is 2. The molecule has 4 aromatic rings. The molecule has 0 amide bonds. The third-order valence-electron chi connectivity index (χ3n) is 5.55. The van der Waals surface area contributed by atoms with E-state index in [0.29, 0.717) is 17.9 Å². The number of ether oxygens (including phenoxy) is 3. The molecular weight excluding hydrogens is 400 g/mol. The van der Waals surface area contributed by atoms with Crippen LogP contribution in [0.3, 0.4) is 0 Å². The first-order valence-corrected chi connectivity index (χ1v) is 10.6. The summed E-state index contributed by atoms with van der Waals surface area (Å²) in [5.74, 6) is 1.05. The molecule has 0 saturated heterocycles. The average Bonchev–Trinajstić information content (AvgIpc) is 2.81. The Morgan fingerprint density at radius 2 is 1.31 bits per heavy atom. The Kier molecular flexibility index (Phi) is 6.41. The first kappa shape index (κ1) is 21.4. The number of fused-ring (bicyclic) bond motifs is 1. The van der Waals surface area contributed by atoms with Crippen LogP contribution in [-0.4, -0.2) is 13.1 Å². The van der Waals surface area contributed by atoms with E-state index in [1.807, 2.05) is 61.5 Å². The van der Waals surface area contributed by atoms with Crippen LogP contribution in [-0.2, 0) is 18.0 Å². The normalized spacial score (nSPS) is 10.7. The van der Waals surface area contributed by atoms with E-state index in [1.165, 1.54) is 23.4 Å². The van der Waals surface area contributed by atoms with Crippen molar-refractivity contribution in [1.29, 1.82) is 0 Å². The molecule has 0 fully saturated rings. The average molecular weight is 427 g/mol. The van der Waals surface area contributed by atoms with Crippen molar-refractivity contribution in [2.75, 3.05) is 7.11 Å². The van der Waals surface area contributed by atoms with Gasteiger partial charge in [-0.25, -0.2) is 4.79 Å². The predicted molar refractivity (Wildman–Crippen MR) is 126 cm³/mol. The molecule has 4 aromatic carbocycles. The fourth-order valence-corrected chi connectivity index (χ4v) is 3.78. The van der Waals surface area contributed by atoms with E-state index in [1.54, 1.807) is 0 Å². The Morgan fingerprint density at radius 3 is 2.00 bits per heavy atom. The number of rotatable bonds is 7. The van der Waals surface area contributed by atoms with Crippen molar-refractivity contribution >= 4 is 16.7 Å². The van der Waals surface area contributed by atoms with Crippen LogP contribution in [0.5, 0.6) is 11.5 Å². The first-order chi connectivity index (χ1) is 15.5. The summed E-state index contributed by atoms with van der Waals surface area (Å²) in [6, 6.07) is 25.9. The van der Waals surface area contributed by atoms with Gasteiger partial charge in [0.1, 0.15) is 24.7 Å². The van der Waals surface area contributed by atoms with Crippen LogP contribution >= 0.6 is 0 Å². The third-order valence-corrected chi connectivity index (χ3v) is 5.55. The summed E-state index contributed by atoms with van der Waals surface area (Å²) >= 11 is 0. The smallest absolute Gasteiger partial charge is 0.338 e. The topological polar surface area (TPSA) is 44.8 Å². The third kappa shape index (κ3) is 4.75. The molecule has 4 nitrogen and oxygen atoms in total. The number of carbonyl (C=O) groups excluding carboxylic acids is 1. The molecule has 0 aromatic heterocycles. The van der Waals surface area contributed by atoms with E-state index < -0.39 is 0 Å². The molecule has 0 radical (unpaired) electrons. The molecular formula is C28H26O4. The highest BCUT2D eigenvalue weighted by Gasteiger charge is 2.15. The predicted octanol–water partition coefficient (Wildman–Crippen LogP) is 6.40. The molecule has 4 rings (SSSR count). The Morgan fingerprint density at radius 1 is 0.688 bits per heavy atom. The molecule has 0 atom stereocenters. The van der Waals surface area contributed by atoms with Crippen molar-refractivity contribution in [1.82, 2.24) is 0 Å². The van der Waals surface area contributed by atoms with Crippen molar-refractivity contribution < 1.29 is 19.0 Å². The van der Waals surface area contributed by atoms with Crippen LogP contribution in [0.2, 0.25) is 0 Å². The summed E-state index contributed by atoms with van der Waals surface area (Å²) in [6.07, 6.45) is 0. The minimum absolute atomic E-state index is 0.263. The molecule has 0 aliphatic rings. The second kappa shape index (κ2) is 9.56. The van der Waals surface area contributed by atoms with E-state index in [9.17, 15) is 4.79 Å². The van der Waals surface area contributed by atoms with Crippen molar-refractivity contribution in [3.63, 3.8) is 0 Å². The van der Waals surface area contributed by atoms with Gasteiger partial charge in [-0.1, -0.05) is 54.6 Å². The van der Waals surface area contributed by atoms with Crippen LogP contribution in [0, 0.1) is 13.8 Å². The van der Waals surface area contributed by atoms with Gasteiger partial charge in [0.05, 0.1) is 12.7 Å². The van der Waals surface area contributed by atoms with E-state index in [4.69, 9.17) is 14.2 Å². The van der Waals surface area contributed by atoms with Gasteiger partial charge in [0.2, 0.25) is 0 Å². The highest BCUT2D eigenvalue weighted by molar-refractivity contribution is 5.92. The molecule has 0 aliphatic carbocycles. The van der Waals surface area contributed by atoms with Gasteiger partial charge in [-0.2, -0.15) is 0 Å². The summed E-state index contributed by atoms with van der Waals surface area (Å²) in [7, 11) is 1.39. The molecule has 0 heterocycles. The van der Waals surface area contributed by atoms with E-state index in [2.05, 4.69) is 31.2 Å². The highest BCUT2D eigenvalue weighted by atomic mass is 16.5. The minimum Gasteiger partial charge on any atom is -0.489 e. The zero-order chi connectivity index (χ0) is 22.5. The molecule has 0 spiro atoms. The number of carbonyl (C=O) groups is 1. The summed E-state index contributed by atoms with van der Waals surface area (Å²) in [4.78, 5) is 12.2. The zero-order valence-electron chi connectivity index (χ0n) is 18.6. The summed E-state index contributed by atoms with van der Waals surface area (Å²) in [5, 5.41) is 2.43. The fraction of sp³-hybridized carbons (Fsp3) is 0.179.